The van der Waals surface area contributed by atoms with Gasteiger partial charge >= 0.3 is 19.8 Å². The Hall–Kier alpha value is -3.03. The molecule has 1 atom stereocenters. The number of hydrogen-bond acceptors (Lipinski definition) is 6. The quantitative estimate of drug-likeness (QED) is 0.0289. The van der Waals surface area contributed by atoms with Crippen LogP contribution in [-0.4, -0.2) is 41.0 Å². The number of phosphoric ester groups is 1. The minimum absolute atomic E-state index is 0.146. The van der Waals surface area contributed by atoms with Crippen molar-refractivity contribution in [3.63, 3.8) is 0 Å². The summed E-state index contributed by atoms with van der Waals surface area (Å²) in [6, 6.07) is 0. The molecule has 0 fully saturated rings. The Kier molecular flexibility index (Phi) is 35.5. The Balaban J connectivity index is 4.11. The van der Waals surface area contributed by atoms with Crippen molar-refractivity contribution in [1.29, 1.82) is 0 Å². The monoisotopic (exact) mass is 744 g/mol. The topological polar surface area (TPSA) is 119 Å². The van der Waals surface area contributed by atoms with E-state index in [0.29, 0.717) is 12.8 Å². The molecular weight excluding hydrogens is 675 g/mol. The smallest absolute Gasteiger partial charge is 0.462 e. The van der Waals surface area contributed by atoms with Crippen LogP contribution in [0.3, 0.4) is 0 Å². The maximum atomic E-state index is 12.4. The van der Waals surface area contributed by atoms with Gasteiger partial charge in [-0.05, 0) is 96.3 Å². The molecule has 8 nitrogen and oxygen atoms in total. The van der Waals surface area contributed by atoms with Gasteiger partial charge in [-0.15, -0.1) is 0 Å². The highest BCUT2D eigenvalue weighted by molar-refractivity contribution is 7.46. The lowest BCUT2D eigenvalue weighted by molar-refractivity contribution is -0.161. The number of esters is 2. The van der Waals surface area contributed by atoms with Gasteiger partial charge in [0.25, 0.3) is 0 Å². The largest absolute Gasteiger partial charge is 0.469 e. The summed E-state index contributed by atoms with van der Waals surface area (Å²) >= 11 is 0. The van der Waals surface area contributed by atoms with Crippen molar-refractivity contribution in [3.05, 3.63) is 97.2 Å². The van der Waals surface area contributed by atoms with E-state index >= 15 is 0 Å². The molecule has 0 aliphatic carbocycles. The highest BCUT2D eigenvalue weighted by Gasteiger charge is 2.22. The van der Waals surface area contributed by atoms with Crippen LogP contribution >= 0.6 is 7.82 Å². The van der Waals surface area contributed by atoms with E-state index in [1.54, 1.807) is 0 Å². The molecule has 294 valence electrons. The van der Waals surface area contributed by atoms with Crippen molar-refractivity contribution in [3.8, 4) is 0 Å². The van der Waals surface area contributed by atoms with Crippen molar-refractivity contribution in [2.24, 2.45) is 0 Å². The molecule has 0 radical (unpaired) electrons. The molecule has 0 amide bonds. The van der Waals surface area contributed by atoms with Crippen molar-refractivity contribution in [2.75, 3.05) is 13.2 Å². The molecule has 0 aliphatic heterocycles. The van der Waals surface area contributed by atoms with Gasteiger partial charge in [0.1, 0.15) is 6.61 Å². The molecule has 0 bridgehead atoms. The maximum Gasteiger partial charge on any atom is 0.469 e. The van der Waals surface area contributed by atoms with Gasteiger partial charge in [0.05, 0.1) is 6.61 Å². The number of carbonyl (C=O) groups is 2. The first-order chi connectivity index (χ1) is 25.3. The summed E-state index contributed by atoms with van der Waals surface area (Å²) in [6.07, 6.45) is 51.3. The Morgan fingerprint density at radius 3 is 1.38 bits per heavy atom. The van der Waals surface area contributed by atoms with Crippen LogP contribution < -0.4 is 0 Å². The van der Waals surface area contributed by atoms with Gasteiger partial charge in [-0.2, -0.15) is 0 Å². The van der Waals surface area contributed by atoms with Crippen LogP contribution in [0, 0.1) is 0 Å². The van der Waals surface area contributed by atoms with E-state index in [2.05, 4.69) is 116 Å². The van der Waals surface area contributed by atoms with Crippen molar-refractivity contribution >= 4 is 19.8 Å². The number of hydrogen-bond donors (Lipinski definition) is 2. The molecule has 0 heterocycles. The maximum absolute atomic E-state index is 12.4. The van der Waals surface area contributed by atoms with E-state index in [0.717, 1.165) is 77.0 Å². The first-order valence-electron chi connectivity index (χ1n) is 19.5. The van der Waals surface area contributed by atoms with E-state index < -0.39 is 32.5 Å². The number of carbonyl (C=O) groups excluding carboxylic acids is 2. The molecule has 0 spiro atoms. The van der Waals surface area contributed by atoms with Crippen LogP contribution in [0.1, 0.15) is 142 Å². The summed E-state index contributed by atoms with van der Waals surface area (Å²) in [5, 5.41) is 0. The Morgan fingerprint density at radius 2 is 0.923 bits per heavy atom. The molecule has 2 N–H and O–H groups in total. The normalized spacial score (nSPS) is 13.5. The average molecular weight is 745 g/mol. The highest BCUT2D eigenvalue weighted by atomic mass is 31.2. The minimum Gasteiger partial charge on any atom is -0.462 e. The van der Waals surface area contributed by atoms with Gasteiger partial charge in [0.15, 0.2) is 6.10 Å². The molecule has 0 rings (SSSR count). The lowest BCUT2D eigenvalue weighted by atomic mass is 10.1. The Labute approximate surface area is 315 Å². The molecule has 9 heteroatoms. The molecule has 0 saturated heterocycles. The van der Waals surface area contributed by atoms with Crippen LogP contribution in [0.25, 0.3) is 0 Å². The number of unbranched alkanes of at least 4 members (excludes halogenated alkanes) is 8. The zero-order chi connectivity index (χ0) is 38.2. The summed E-state index contributed by atoms with van der Waals surface area (Å²) in [5.41, 5.74) is 0. The number of rotatable bonds is 34. The number of phosphoric acid groups is 1. The van der Waals surface area contributed by atoms with Crippen LogP contribution in [0.15, 0.2) is 97.2 Å². The molecule has 0 aromatic heterocycles. The van der Waals surface area contributed by atoms with Gasteiger partial charge in [-0.25, -0.2) is 4.57 Å². The van der Waals surface area contributed by atoms with E-state index in [9.17, 15) is 14.2 Å². The Morgan fingerprint density at radius 1 is 0.519 bits per heavy atom. The molecule has 0 aromatic carbocycles. The van der Waals surface area contributed by atoms with Crippen LogP contribution in [0.5, 0.6) is 0 Å². The lowest BCUT2D eigenvalue weighted by Gasteiger charge is -2.18. The zero-order valence-corrected chi connectivity index (χ0v) is 33.1. The van der Waals surface area contributed by atoms with E-state index in [4.69, 9.17) is 19.3 Å². The van der Waals surface area contributed by atoms with E-state index in [1.165, 1.54) is 25.7 Å². The van der Waals surface area contributed by atoms with Crippen molar-refractivity contribution in [1.82, 2.24) is 0 Å². The van der Waals surface area contributed by atoms with E-state index in [1.807, 2.05) is 0 Å². The van der Waals surface area contributed by atoms with Gasteiger partial charge < -0.3 is 19.3 Å². The zero-order valence-electron chi connectivity index (χ0n) is 32.2. The third kappa shape index (κ3) is 39.8. The molecule has 52 heavy (non-hydrogen) atoms. The fourth-order valence-electron chi connectivity index (χ4n) is 4.70. The molecule has 0 aliphatic rings. The van der Waals surface area contributed by atoms with Crippen molar-refractivity contribution in [2.45, 2.75) is 148 Å². The van der Waals surface area contributed by atoms with Gasteiger partial charge in [0, 0.05) is 12.8 Å². The standard InChI is InChI=1S/C43H69O8P/c1-3-5-7-9-11-13-15-17-19-20-21-22-24-25-27-29-31-33-35-37-42(44)49-39-41(40-50-52(46,47)48)51-43(45)38-36-34-32-30-28-26-23-18-16-14-12-10-8-6-4-2/h6,8,11-14,17-19,21-23,25,27-28,30,41H,3-5,7,9-10,15-16,20,24,26,29,31-40H2,1-2H3,(H2,46,47,48)/b8-6+,13-11+,14-12+,19-17+,22-21+,23-18+,27-25+,30-28+/t41-/m1/s1. The Bertz CT molecular complexity index is 1160. The second-order valence-electron chi connectivity index (χ2n) is 12.5. The molecular formula is C43H69O8P. The average Bonchev–Trinajstić information content (AvgIpc) is 3.11. The summed E-state index contributed by atoms with van der Waals surface area (Å²) in [5.74, 6) is -0.981. The summed E-state index contributed by atoms with van der Waals surface area (Å²) < 4.78 is 26.3. The summed E-state index contributed by atoms with van der Waals surface area (Å²) in [4.78, 5) is 42.7. The fourth-order valence-corrected chi connectivity index (χ4v) is 5.06. The number of allylic oxidation sites excluding steroid dienone is 16. The fraction of sp³-hybridized carbons (Fsp3) is 0.581. The van der Waals surface area contributed by atoms with Gasteiger partial charge in [0.2, 0.25) is 0 Å². The SMILES string of the molecule is CC/C=C/C/C=C/C/C=C/C/C=C/CCCCC(=O)O[C@H](COC(=O)CCCCC/C=C/C/C=C/C/C=C/C/C=C/CCCCC)COP(=O)(O)O. The van der Waals surface area contributed by atoms with Crippen LogP contribution in [0.2, 0.25) is 0 Å². The lowest BCUT2D eigenvalue weighted by Crippen LogP contribution is -2.29. The van der Waals surface area contributed by atoms with Gasteiger partial charge in [-0.3, -0.25) is 14.1 Å². The second-order valence-corrected chi connectivity index (χ2v) is 13.8. The minimum atomic E-state index is -4.78. The number of ether oxygens (including phenoxy) is 2. The van der Waals surface area contributed by atoms with Crippen molar-refractivity contribution < 1.29 is 37.9 Å². The molecule has 0 aromatic rings. The predicted molar refractivity (Wildman–Crippen MR) is 216 cm³/mol. The summed E-state index contributed by atoms with van der Waals surface area (Å²) in [7, 11) is -4.78. The third-order valence-electron chi connectivity index (χ3n) is 7.59. The van der Waals surface area contributed by atoms with Crippen LogP contribution in [0.4, 0.5) is 0 Å². The summed E-state index contributed by atoms with van der Waals surface area (Å²) in [6.45, 7) is 3.45. The van der Waals surface area contributed by atoms with Gasteiger partial charge in [-0.1, -0.05) is 130 Å². The highest BCUT2D eigenvalue weighted by Crippen LogP contribution is 2.35. The van der Waals surface area contributed by atoms with Crippen LogP contribution in [-0.2, 0) is 28.2 Å². The first kappa shape index (κ1) is 49.0. The van der Waals surface area contributed by atoms with E-state index in [-0.39, 0.29) is 19.4 Å². The molecule has 0 saturated carbocycles. The molecule has 0 unspecified atom stereocenters. The first-order valence-corrected chi connectivity index (χ1v) is 21.1. The third-order valence-corrected chi connectivity index (χ3v) is 8.07. The predicted octanol–water partition coefficient (Wildman–Crippen LogP) is 11.8. The second kappa shape index (κ2) is 37.7.